The van der Waals surface area contributed by atoms with E-state index < -0.39 is 0 Å². The van der Waals surface area contributed by atoms with Gasteiger partial charge in [-0.3, -0.25) is 0 Å². The van der Waals surface area contributed by atoms with Gasteiger partial charge < -0.3 is 10.2 Å². The fraction of sp³-hybridized carbons (Fsp3) is 0.111. The third kappa shape index (κ3) is 2.00. The van der Waals surface area contributed by atoms with Crippen LogP contribution in [0.2, 0.25) is 0 Å². The lowest BCUT2D eigenvalue weighted by Crippen LogP contribution is -1.98. The van der Waals surface area contributed by atoms with Crippen LogP contribution in [0.3, 0.4) is 0 Å². The standard InChI is InChI=1S/C9H8BrN3OS/c1-15-9-12-7(5-3-2-4-14-5)6(10)8(11)13-9/h2-4H,1H3,(H2,11,12,13). The van der Waals surface area contributed by atoms with Crippen LogP contribution in [-0.2, 0) is 0 Å². The molecular formula is C9H8BrN3OS. The molecule has 0 unspecified atom stereocenters. The third-order valence-electron chi connectivity index (χ3n) is 1.79. The van der Waals surface area contributed by atoms with Crippen LogP contribution in [0.4, 0.5) is 5.82 Å². The minimum absolute atomic E-state index is 0.417. The number of furan rings is 1. The lowest BCUT2D eigenvalue weighted by Gasteiger charge is -2.04. The molecule has 0 saturated carbocycles. The molecule has 0 aliphatic heterocycles. The van der Waals surface area contributed by atoms with Crippen molar-refractivity contribution in [2.24, 2.45) is 0 Å². The lowest BCUT2D eigenvalue weighted by atomic mass is 10.3. The summed E-state index contributed by atoms with van der Waals surface area (Å²) in [6.45, 7) is 0. The molecule has 0 radical (unpaired) electrons. The molecule has 78 valence electrons. The van der Waals surface area contributed by atoms with Crippen LogP contribution >= 0.6 is 27.7 Å². The molecule has 0 spiro atoms. The number of hydrogen-bond donors (Lipinski definition) is 1. The number of hydrogen-bond acceptors (Lipinski definition) is 5. The average Bonchev–Trinajstić information content (AvgIpc) is 2.75. The van der Waals surface area contributed by atoms with Crippen molar-refractivity contribution in [2.45, 2.75) is 5.16 Å². The van der Waals surface area contributed by atoms with E-state index in [0.29, 0.717) is 26.9 Å². The van der Waals surface area contributed by atoms with Gasteiger partial charge in [-0.25, -0.2) is 9.97 Å². The van der Waals surface area contributed by atoms with Crippen molar-refractivity contribution in [1.29, 1.82) is 0 Å². The van der Waals surface area contributed by atoms with E-state index in [0.717, 1.165) is 0 Å². The van der Waals surface area contributed by atoms with Crippen LogP contribution in [0.15, 0.2) is 32.4 Å². The maximum atomic E-state index is 5.75. The molecule has 15 heavy (non-hydrogen) atoms. The second-order valence-corrected chi connectivity index (χ2v) is 4.30. The Kier molecular flexibility index (Phi) is 2.97. The number of nitrogens with two attached hydrogens (primary N) is 1. The van der Waals surface area contributed by atoms with E-state index in [4.69, 9.17) is 10.2 Å². The number of anilines is 1. The maximum absolute atomic E-state index is 5.75. The van der Waals surface area contributed by atoms with Gasteiger partial charge in [0.2, 0.25) is 0 Å². The first-order valence-corrected chi connectivity index (χ1v) is 6.15. The summed E-state index contributed by atoms with van der Waals surface area (Å²) in [5.41, 5.74) is 6.43. The van der Waals surface area contributed by atoms with Gasteiger partial charge in [0.1, 0.15) is 11.5 Å². The Morgan fingerprint density at radius 3 is 2.87 bits per heavy atom. The van der Waals surface area contributed by atoms with Gasteiger partial charge in [-0.1, -0.05) is 11.8 Å². The minimum atomic E-state index is 0.417. The quantitative estimate of drug-likeness (QED) is 0.679. The third-order valence-corrected chi connectivity index (χ3v) is 3.12. The second kappa shape index (κ2) is 4.24. The van der Waals surface area contributed by atoms with E-state index in [1.165, 1.54) is 11.8 Å². The Hall–Kier alpha value is -1.01. The van der Waals surface area contributed by atoms with Crippen LogP contribution in [0.1, 0.15) is 0 Å². The van der Waals surface area contributed by atoms with E-state index in [1.807, 2.05) is 12.3 Å². The first kappa shape index (κ1) is 10.5. The Morgan fingerprint density at radius 2 is 2.27 bits per heavy atom. The highest BCUT2D eigenvalue weighted by atomic mass is 79.9. The molecule has 0 aliphatic rings. The van der Waals surface area contributed by atoms with Crippen LogP contribution in [-0.4, -0.2) is 16.2 Å². The van der Waals surface area contributed by atoms with Gasteiger partial charge in [0, 0.05) is 0 Å². The van der Waals surface area contributed by atoms with Gasteiger partial charge in [-0.2, -0.15) is 0 Å². The highest BCUT2D eigenvalue weighted by Crippen LogP contribution is 2.31. The fourth-order valence-electron chi connectivity index (χ4n) is 1.11. The van der Waals surface area contributed by atoms with Crippen molar-refractivity contribution < 1.29 is 4.42 Å². The van der Waals surface area contributed by atoms with E-state index in [9.17, 15) is 0 Å². The van der Waals surface area contributed by atoms with Gasteiger partial charge in [0.05, 0.1) is 10.7 Å². The molecule has 0 fully saturated rings. The first-order valence-electron chi connectivity index (χ1n) is 4.13. The summed E-state index contributed by atoms with van der Waals surface area (Å²) in [4.78, 5) is 8.43. The van der Waals surface area contributed by atoms with E-state index in [-0.39, 0.29) is 0 Å². The van der Waals surface area contributed by atoms with Gasteiger partial charge in [-0.15, -0.1) is 0 Å². The fourth-order valence-corrected chi connectivity index (χ4v) is 1.86. The molecule has 0 saturated heterocycles. The average molecular weight is 286 g/mol. The van der Waals surface area contributed by atoms with Crippen molar-refractivity contribution in [3.8, 4) is 11.5 Å². The number of thioether (sulfide) groups is 1. The molecule has 0 atom stereocenters. The van der Waals surface area contributed by atoms with E-state index in [2.05, 4.69) is 25.9 Å². The van der Waals surface area contributed by atoms with Gasteiger partial charge in [-0.05, 0) is 34.3 Å². The number of nitrogens with zero attached hydrogens (tertiary/aromatic N) is 2. The Bertz CT molecular complexity index is 472. The Balaban J connectivity index is 2.60. The number of nitrogen functional groups attached to an aromatic ring is 1. The Labute approximate surface area is 99.4 Å². The molecule has 0 aliphatic carbocycles. The zero-order valence-electron chi connectivity index (χ0n) is 7.90. The Morgan fingerprint density at radius 1 is 1.47 bits per heavy atom. The number of halogens is 1. The first-order chi connectivity index (χ1) is 7.22. The van der Waals surface area contributed by atoms with Crippen molar-refractivity contribution in [3.05, 3.63) is 22.9 Å². The van der Waals surface area contributed by atoms with E-state index >= 15 is 0 Å². The molecule has 4 nitrogen and oxygen atoms in total. The monoisotopic (exact) mass is 285 g/mol. The summed E-state index contributed by atoms with van der Waals surface area (Å²) in [5.74, 6) is 1.09. The highest BCUT2D eigenvalue weighted by Gasteiger charge is 2.13. The summed E-state index contributed by atoms with van der Waals surface area (Å²) in [7, 11) is 0. The largest absolute Gasteiger partial charge is 0.463 e. The zero-order valence-corrected chi connectivity index (χ0v) is 10.3. The maximum Gasteiger partial charge on any atom is 0.189 e. The highest BCUT2D eigenvalue weighted by molar-refractivity contribution is 9.10. The smallest absolute Gasteiger partial charge is 0.189 e. The molecule has 2 aromatic rings. The lowest BCUT2D eigenvalue weighted by molar-refractivity contribution is 0.578. The van der Waals surface area contributed by atoms with Crippen LogP contribution < -0.4 is 5.73 Å². The predicted molar refractivity (Wildman–Crippen MR) is 63.6 cm³/mol. The summed E-state index contributed by atoms with van der Waals surface area (Å²) >= 11 is 4.78. The predicted octanol–water partition coefficient (Wildman–Crippen LogP) is 2.80. The molecule has 0 bridgehead atoms. The SMILES string of the molecule is CSc1nc(N)c(Br)c(-c2ccco2)n1. The molecule has 2 rings (SSSR count). The van der Waals surface area contributed by atoms with Crippen LogP contribution in [0.25, 0.3) is 11.5 Å². The molecule has 2 aromatic heterocycles. The molecule has 0 aromatic carbocycles. The normalized spacial score (nSPS) is 10.5. The molecule has 0 amide bonds. The molecule has 2 heterocycles. The molecule has 6 heteroatoms. The number of rotatable bonds is 2. The summed E-state index contributed by atoms with van der Waals surface area (Å²) in [5, 5.41) is 0.627. The van der Waals surface area contributed by atoms with E-state index in [1.54, 1.807) is 12.3 Å². The summed E-state index contributed by atoms with van der Waals surface area (Å²) in [6.07, 6.45) is 3.49. The summed E-state index contributed by atoms with van der Waals surface area (Å²) < 4.78 is 5.93. The van der Waals surface area contributed by atoms with Crippen molar-refractivity contribution in [2.75, 3.05) is 12.0 Å². The van der Waals surface area contributed by atoms with Crippen molar-refractivity contribution >= 4 is 33.5 Å². The van der Waals surface area contributed by atoms with Gasteiger partial charge in [0.15, 0.2) is 10.9 Å². The van der Waals surface area contributed by atoms with Crippen LogP contribution in [0.5, 0.6) is 0 Å². The van der Waals surface area contributed by atoms with Gasteiger partial charge >= 0.3 is 0 Å². The minimum Gasteiger partial charge on any atom is -0.463 e. The number of aromatic nitrogens is 2. The molecule has 2 N–H and O–H groups in total. The zero-order chi connectivity index (χ0) is 10.8. The van der Waals surface area contributed by atoms with Gasteiger partial charge in [0.25, 0.3) is 0 Å². The second-order valence-electron chi connectivity index (χ2n) is 2.74. The van der Waals surface area contributed by atoms with Crippen molar-refractivity contribution in [3.63, 3.8) is 0 Å². The van der Waals surface area contributed by atoms with Crippen LogP contribution in [0, 0.1) is 0 Å². The summed E-state index contributed by atoms with van der Waals surface area (Å²) in [6, 6.07) is 3.63. The molecular weight excluding hydrogens is 278 g/mol. The van der Waals surface area contributed by atoms with Crippen molar-refractivity contribution in [1.82, 2.24) is 9.97 Å². The topological polar surface area (TPSA) is 64.9 Å².